The molecule has 3 rings (SSSR count). The van der Waals surface area contributed by atoms with Gasteiger partial charge in [0.2, 0.25) is 5.91 Å². The zero-order chi connectivity index (χ0) is 18.0. The van der Waals surface area contributed by atoms with Crippen molar-refractivity contribution in [3.8, 4) is 0 Å². The van der Waals surface area contributed by atoms with Crippen LogP contribution in [0, 0.1) is 11.8 Å². The molecule has 25 heavy (non-hydrogen) atoms. The van der Waals surface area contributed by atoms with Gasteiger partial charge in [-0.15, -0.1) is 0 Å². The number of carbonyl (C=O) groups excluding carboxylic acids is 2. The fraction of sp³-hybridized carbons (Fsp3) is 0.526. The first kappa shape index (κ1) is 17.5. The van der Waals surface area contributed by atoms with Crippen molar-refractivity contribution >= 4 is 23.5 Å². The molecule has 2 amide bonds. The van der Waals surface area contributed by atoms with Gasteiger partial charge in [0.15, 0.2) is 0 Å². The van der Waals surface area contributed by atoms with E-state index < -0.39 is 17.4 Å². The molecule has 2 unspecified atom stereocenters. The Morgan fingerprint density at radius 3 is 2.44 bits per heavy atom. The second kappa shape index (κ2) is 6.86. The second-order valence-electron chi connectivity index (χ2n) is 7.29. The third kappa shape index (κ3) is 3.83. The molecule has 2 saturated carbocycles. The predicted molar refractivity (Wildman–Crippen MR) is 93.3 cm³/mol. The van der Waals surface area contributed by atoms with E-state index in [1.807, 2.05) is 6.92 Å². The van der Waals surface area contributed by atoms with Crippen molar-refractivity contribution in [1.29, 1.82) is 0 Å². The summed E-state index contributed by atoms with van der Waals surface area (Å²) in [6.45, 7) is 2.03. The highest BCUT2D eigenvalue weighted by atomic mass is 16.4. The SMILES string of the molecule is CC1CC1C(=O)Nc1cccc(C(=O)NC2(C(=O)O)CCCCC2)c1. The van der Waals surface area contributed by atoms with Gasteiger partial charge in [-0.2, -0.15) is 0 Å². The molecule has 0 aromatic heterocycles. The molecule has 2 atom stereocenters. The van der Waals surface area contributed by atoms with Gasteiger partial charge in [-0.1, -0.05) is 32.3 Å². The van der Waals surface area contributed by atoms with Crippen LogP contribution in [0.25, 0.3) is 0 Å². The number of carbonyl (C=O) groups is 3. The molecule has 0 bridgehead atoms. The Labute approximate surface area is 147 Å². The molecule has 2 aliphatic rings. The number of amides is 2. The van der Waals surface area contributed by atoms with Crippen LogP contribution in [-0.2, 0) is 9.59 Å². The van der Waals surface area contributed by atoms with Crippen LogP contribution in [0.15, 0.2) is 24.3 Å². The van der Waals surface area contributed by atoms with Crippen LogP contribution in [0.3, 0.4) is 0 Å². The number of aliphatic carboxylic acids is 1. The molecule has 1 aromatic carbocycles. The fourth-order valence-electron chi connectivity index (χ4n) is 3.50. The normalized spacial score (nSPS) is 24.2. The highest BCUT2D eigenvalue weighted by Crippen LogP contribution is 2.38. The maximum absolute atomic E-state index is 12.6. The van der Waals surface area contributed by atoms with Crippen LogP contribution in [0.2, 0.25) is 0 Å². The first-order chi connectivity index (χ1) is 11.9. The fourth-order valence-corrected chi connectivity index (χ4v) is 3.50. The summed E-state index contributed by atoms with van der Waals surface area (Å²) in [5.41, 5.74) is -0.268. The average molecular weight is 344 g/mol. The van der Waals surface area contributed by atoms with Crippen LogP contribution in [0.1, 0.15) is 55.8 Å². The summed E-state index contributed by atoms with van der Waals surface area (Å²) >= 11 is 0. The molecular weight excluding hydrogens is 320 g/mol. The first-order valence-corrected chi connectivity index (χ1v) is 8.88. The van der Waals surface area contributed by atoms with Gasteiger partial charge in [-0.25, -0.2) is 4.79 Å². The van der Waals surface area contributed by atoms with Crippen molar-refractivity contribution in [2.45, 2.75) is 51.0 Å². The Morgan fingerprint density at radius 2 is 1.84 bits per heavy atom. The van der Waals surface area contributed by atoms with E-state index >= 15 is 0 Å². The van der Waals surface area contributed by atoms with Crippen LogP contribution in [0.5, 0.6) is 0 Å². The summed E-state index contributed by atoms with van der Waals surface area (Å²) in [5, 5.41) is 15.1. The van der Waals surface area contributed by atoms with Crippen LogP contribution < -0.4 is 10.6 Å². The summed E-state index contributed by atoms with van der Waals surface area (Å²) < 4.78 is 0. The Morgan fingerprint density at radius 1 is 1.16 bits per heavy atom. The van der Waals surface area contributed by atoms with Crippen LogP contribution >= 0.6 is 0 Å². The van der Waals surface area contributed by atoms with Gasteiger partial charge >= 0.3 is 5.97 Å². The van der Waals surface area contributed by atoms with Gasteiger partial charge in [0.1, 0.15) is 5.54 Å². The van der Waals surface area contributed by atoms with Crippen LogP contribution in [-0.4, -0.2) is 28.4 Å². The third-order valence-electron chi connectivity index (χ3n) is 5.31. The zero-order valence-corrected chi connectivity index (χ0v) is 14.4. The summed E-state index contributed by atoms with van der Waals surface area (Å²) in [6, 6.07) is 6.65. The first-order valence-electron chi connectivity index (χ1n) is 8.88. The maximum atomic E-state index is 12.6. The number of carboxylic acids is 1. The highest BCUT2D eigenvalue weighted by molar-refractivity contribution is 6.00. The zero-order valence-electron chi connectivity index (χ0n) is 14.4. The lowest BCUT2D eigenvalue weighted by Gasteiger charge is -2.34. The number of rotatable bonds is 5. The highest BCUT2D eigenvalue weighted by Gasteiger charge is 2.41. The van der Waals surface area contributed by atoms with Crippen molar-refractivity contribution < 1.29 is 19.5 Å². The molecule has 0 spiro atoms. The Balaban J connectivity index is 1.70. The Bertz CT molecular complexity index is 694. The molecule has 0 radical (unpaired) electrons. The second-order valence-corrected chi connectivity index (χ2v) is 7.29. The van der Waals surface area contributed by atoms with Gasteiger partial charge in [0.05, 0.1) is 0 Å². The Hall–Kier alpha value is -2.37. The lowest BCUT2D eigenvalue weighted by molar-refractivity contribution is -0.145. The monoisotopic (exact) mass is 344 g/mol. The number of hydrogen-bond acceptors (Lipinski definition) is 3. The number of nitrogens with one attached hydrogen (secondary N) is 2. The quantitative estimate of drug-likeness (QED) is 0.765. The van der Waals surface area contributed by atoms with Crippen molar-refractivity contribution in [2.75, 3.05) is 5.32 Å². The lowest BCUT2D eigenvalue weighted by Crippen LogP contribution is -2.55. The summed E-state index contributed by atoms with van der Waals surface area (Å²) in [6.07, 6.45) is 4.37. The van der Waals surface area contributed by atoms with Crippen LogP contribution in [0.4, 0.5) is 5.69 Å². The number of anilines is 1. The van der Waals surface area contributed by atoms with E-state index in [0.717, 1.165) is 25.7 Å². The van der Waals surface area contributed by atoms with Gasteiger partial charge < -0.3 is 15.7 Å². The molecule has 134 valence electrons. The standard InChI is InChI=1S/C19H24N2O4/c1-12-10-15(12)17(23)20-14-7-5-6-13(11-14)16(22)21-19(18(24)25)8-3-2-4-9-19/h5-7,11-12,15H,2-4,8-10H2,1H3,(H,20,23)(H,21,22)(H,24,25). The molecule has 6 heteroatoms. The van der Waals surface area contributed by atoms with E-state index in [0.29, 0.717) is 30.0 Å². The minimum absolute atomic E-state index is 0.0284. The van der Waals surface area contributed by atoms with Gasteiger partial charge in [-0.05, 0) is 43.4 Å². The largest absolute Gasteiger partial charge is 0.480 e. The molecule has 2 fully saturated rings. The smallest absolute Gasteiger partial charge is 0.329 e. The Kier molecular flexibility index (Phi) is 4.79. The number of benzene rings is 1. The molecule has 1 aromatic rings. The molecular formula is C19H24N2O4. The van der Waals surface area contributed by atoms with E-state index in [4.69, 9.17) is 0 Å². The van der Waals surface area contributed by atoms with E-state index in [1.165, 1.54) is 0 Å². The molecule has 2 aliphatic carbocycles. The lowest BCUT2D eigenvalue weighted by atomic mass is 9.81. The van der Waals surface area contributed by atoms with Gasteiger partial charge in [0, 0.05) is 17.2 Å². The van der Waals surface area contributed by atoms with Crippen molar-refractivity contribution in [3.63, 3.8) is 0 Å². The molecule has 0 saturated heterocycles. The van der Waals surface area contributed by atoms with Gasteiger partial charge in [-0.3, -0.25) is 9.59 Å². The third-order valence-corrected chi connectivity index (χ3v) is 5.31. The van der Waals surface area contributed by atoms with E-state index in [2.05, 4.69) is 10.6 Å². The van der Waals surface area contributed by atoms with E-state index in [-0.39, 0.29) is 11.8 Å². The molecule has 6 nitrogen and oxygen atoms in total. The predicted octanol–water partition coefficient (Wildman–Crippen LogP) is 2.80. The summed E-state index contributed by atoms with van der Waals surface area (Å²) in [5.74, 6) is -0.963. The molecule has 0 heterocycles. The average Bonchev–Trinajstić information content (AvgIpc) is 3.33. The molecule has 0 aliphatic heterocycles. The summed E-state index contributed by atoms with van der Waals surface area (Å²) in [7, 11) is 0. The van der Waals surface area contributed by atoms with E-state index in [9.17, 15) is 19.5 Å². The van der Waals surface area contributed by atoms with Crippen molar-refractivity contribution in [1.82, 2.24) is 5.32 Å². The summed E-state index contributed by atoms with van der Waals surface area (Å²) in [4.78, 5) is 36.3. The van der Waals surface area contributed by atoms with E-state index in [1.54, 1.807) is 24.3 Å². The number of hydrogen-bond donors (Lipinski definition) is 3. The maximum Gasteiger partial charge on any atom is 0.329 e. The number of carboxylic acid groups (broad SMARTS) is 1. The van der Waals surface area contributed by atoms with Crippen molar-refractivity contribution in [3.05, 3.63) is 29.8 Å². The minimum atomic E-state index is -1.18. The minimum Gasteiger partial charge on any atom is -0.480 e. The topological polar surface area (TPSA) is 95.5 Å². The van der Waals surface area contributed by atoms with Gasteiger partial charge in [0.25, 0.3) is 5.91 Å². The molecule has 3 N–H and O–H groups in total. The van der Waals surface area contributed by atoms with Crippen molar-refractivity contribution in [2.24, 2.45) is 11.8 Å².